The standard InChI is InChI=1S/C40H35ClN2O8S/c1-5-49-38(45)28-14-12-24(13-15-28)23-51-36-30(41)20-25(21-31(36)48-4)22-32-37(44)43-35(27-16-18-29(47-3)19-17-27)33(39(46)50-6-2)34(42-40(43)52-32)26-10-8-7-9-11-26/h7-22,35H,5-6,23H2,1-4H3/b32-22-/t35-/m0/s1. The summed E-state index contributed by atoms with van der Waals surface area (Å²) in [6.07, 6.45) is 1.71. The van der Waals surface area contributed by atoms with Crippen molar-refractivity contribution in [3.05, 3.63) is 149 Å². The van der Waals surface area contributed by atoms with Crippen LogP contribution in [0.1, 0.15) is 52.5 Å². The van der Waals surface area contributed by atoms with Crippen LogP contribution in [-0.4, -0.2) is 43.9 Å². The summed E-state index contributed by atoms with van der Waals surface area (Å²) in [6, 6.07) is 26.0. The van der Waals surface area contributed by atoms with Gasteiger partial charge in [-0.3, -0.25) is 9.36 Å². The van der Waals surface area contributed by atoms with Crippen molar-refractivity contribution in [3.63, 3.8) is 0 Å². The number of esters is 2. The number of halogens is 1. The van der Waals surface area contributed by atoms with Crippen LogP contribution in [0.3, 0.4) is 0 Å². The molecule has 1 atom stereocenters. The van der Waals surface area contributed by atoms with Gasteiger partial charge < -0.3 is 23.7 Å². The van der Waals surface area contributed by atoms with Crippen LogP contribution in [0.4, 0.5) is 0 Å². The molecule has 0 fully saturated rings. The molecule has 52 heavy (non-hydrogen) atoms. The van der Waals surface area contributed by atoms with E-state index in [4.69, 9.17) is 40.3 Å². The fraction of sp³-hybridized carbons (Fsp3) is 0.200. The molecule has 2 heterocycles. The molecule has 4 aromatic carbocycles. The van der Waals surface area contributed by atoms with Gasteiger partial charge in [-0.25, -0.2) is 14.6 Å². The zero-order valence-corrected chi connectivity index (χ0v) is 30.5. The zero-order chi connectivity index (χ0) is 36.8. The van der Waals surface area contributed by atoms with E-state index in [0.717, 1.165) is 5.56 Å². The molecule has 1 aliphatic heterocycles. The third-order valence-corrected chi connectivity index (χ3v) is 9.47. The molecule has 10 nitrogen and oxygen atoms in total. The Kier molecular flexibility index (Phi) is 11.2. The van der Waals surface area contributed by atoms with Gasteiger partial charge in [0.2, 0.25) is 0 Å². The molecule has 0 unspecified atom stereocenters. The van der Waals surface area contributed by atoms with E-state index >= 15 is 0 Å². The molecule has 0 amide bonds. The Labute approximate surface area is 308 Å². The molecule has 1 aliphatic rings. The largest absolute Gasteiger partial charge is 0.497 e. The Balaban J connectivity index is 1.41. The van der Waals surface area contributed by atoms with Crippen LogP contribution in [-0.2, 0) is 20.9 Å². The second-order valence-corrected chi connectivity index (χ2v) is 12.9. The van der Waals surface area contributed by atoms with Crippen LogP contribution in [0.5, 0.6) is 17.2 Å². The lowest BCUT2D eigenvalue weighted by atomic mass is 9.93. The molecule has 0 aliphatic carbocycles. The normalized spacial score (nSPS) is 13.9. The number of thiazole rings is 1. The lowest BCUT2D eigenvalue weighted by Crippen LogP contribution is -2.40. The first kappa shape index (κ1) is 36.2. The first-order chi connectivity index (χ1) is 25.3. The van der Waals surface area contributed by atoms with Crippen molar-refractivity contribution in [2.24, 2.45) is 4.99 Å². The van der Waals surface area contributed by atoms with Gasteiger partial charge in [0.05, 0.1) is 59.9 Å². The third-order valence-electron chi connectivity index (χ3n) is 8.20. The van der Waals surface area contributed by atoms with Gasteiger partial charge in [-0.05, 0) is 73.0 Å². The maximum atomic E-state index is 14.3. The topological polar surface area (TPSA) is 115 Å². The van der Waals surface area contributed by atoms with Crippen LogP contribution in [0, 0.1) is 0 Å². The molecular weight excluding hydrogens is 704 g/mol. The van der Waals surface area contributed by atoms with Crippen LogP contribution >= 0.6 is 22.9 Å². The summed E-state index contributed by atoms with van der Waals surface area (Å²) in [7, 11) is 3.07. The fourth-order valence-electron chi connectivity index (χ4n) is 5.76. The summed E-state index contributed by atoms with van der Waals surface area (Å²) in [5, 5.41) is 0.272. The second kappa shape index (κ2) is 16.1. The molecule has 0 saturated carbocycles. The molecule has 1 aromatic heterocycles. The molecule has 5 aromatic rings. The number of fused-ring (bicyclic) bond motifs is 1. The summed E-state index contributed by atoms with van der Waals surface area (Å²) in [6.45, 7) is 4.09. The van der Waals surface area contributed by atoms with E-state index in [9.17, 15) is 14.4 Å². The van der Waals surface area contributed by atoms with Crippen molar-refractivity contribution in [2.75, 3.05) is 27.4 Å². The van der Waals surface area contributed by atoms with Crippen LogP contribution in [0.15, 0.2) is 106 Å². The second-order valence-electron chi connectivity index (χ2n) is 11.4. The van der Waals surface area contributed by atoms with E-state index in [1.165, 1.54) is 23.0 Å². The van der Waals surface area contributed by atoms with Crippen LogP contribution in [0.2, 0.25) is 5.02 Å². The number of hydrogen-bond donors (Lipinski definition) is 0. The van der Waals surface area contributed by atoms with Crippen molar-refractivity contribution in [1.29, 1.82) is 0 Å². The van der Waals surface area contributed by atoms with Gasteiger partial charge >= 0.3 is 11.9 Å². The Morgan fingerprint density at radius 2 is 1.58 bits per heavy atom. The number of aromatic nitrogens is 1. The molecule has 6 rings (SSSR count). The first-order valence-electron chi connectivity index (χ1n) is 16.4. The van der Waals surface area contributed by atoms with Gasteiger partial charge in [0, 0.05) is 5.56 Å². The number of nitrogens with zero attached hydrogens (tertiary/aromatic N) is 2. The third kappa shape index (κ3) is 7.51. The maximum absolute atomic E-state index is 14.3. The molecule has 0 N–H and O–H groups in total. The summed E-state index contributed by atoms with van der Waals surface area (Å²) in [5.41, 5.74) is 3.56. The molecule has 0 spiro atoms. The number of carbonyl (C=O) groups is 2. The number of hydrogen-bond acceptors (Lipinski definition) is 10. The zero-order valence-electron chi connectivity index (χ0n) is 28.9. The van der Waals surface area contributed by atoms with Crippen molar-refractivity contribution < 1.29 is 33.3 Å². The Hall–Kier alpha value is -5.65. The number of benzene rings is 4. The summed E-state index contributed by atoms with van der Waals surface area (Å²) >= 11 is 7.93. The van der Waals surface area contributed by atoms with E-state index in [1.807, 2.05) is 42.5 Å². The van der Waals surface area contributed by atoms with Crippen molar-refractivity contribution >= 4 is 46.6 Å². The van der Waals surface area contributed by atoms with Gasteiger partial charge in [-0.15, -0.1) is 0 Å². The highest BCUT2D eigenvalue weighted by Crippen LogP contribution is 2.38. The minimum absolute atomic E-state index is 0.147. The van der Waals surface area contributed by atoms with E-state index < -0.39 is 18.0 Å². The van der Waals surface area contributed by atoms with Crippen LogP contribution in [0.25, 0.3) is 11.8 Å². The molecule has 266 valence electrons. The smallest absolute Gasteiger partial charge is 0.338 e. The lowest BCUT2D eigenvalue weighted by molar-refractivity contribution is -0.138. The van der Waals surface area contributed by atoms with Crippen molar-refractivity contribution in [2.45, 2.75) is 26.5 Å². The van der Waals surface area contributed by atoms with Crippen molar-refractivity contribution in [3.8, 4) is 17.2 Å². The minimum Gasteiger partial charge on any atom is -0.497 e. The molecule has 0 radical (unpaired) electrons. The fourth-order valence-corrected chi connectivity index (χ4v) is 7.04. The van der Waals surface area contributed by atoms with Gasteiger partial charge in [0.25, 0.3) is 5.56 Å². The number of rotatable bonds is 12. The van der Waals surface area contributed by atoms with E-state index in [2.05, 4.69) is 0 Å². The summed E-state index contributed by atoms with van der Waals surface area (Å²) < 4.78 is 29.6. The molecule has 12 heteroatoms. The Morgan fingerprint density at radius 1 is 0.885 bits per heavy atom. The van der Waals surface area contributed by atoms with Gasteiger partial charge in [-0.2, -0.15) is 0 Å². The monoisotopic (exact) mass is 738 g/mol. The molecule has 0 saturated heterocycles. The average molecular weight is 739 g/mol. The van der Waals surface area contributed by atoms with Gasteiger partial charge in [0.1, 0.15) is 12.4 Å². The van der Waals surface area contributed by atoms with Gasteiger partial charge in [0.15, 0.2) is 16.3 Å². The average Bonchev–Trinajstić information content (AvgIpc) is 3.47. The number of methoxy groups -OCH3 is 2. The highest BCUT2D eigenvalue weighted by atomic mass is 35.5. The van der Waals surface area contributed by atoms with Crippen molar-refractivity contribution in [1.82, 2.24) is 4.57 Å². The minimum atomic E-state index is -0.834. The highest BCUT2D eigenvalue weighted by molar-refractivity contribution is 7.07. The van der Waals surface area contributed by atoms with E-state index in [-0.39, 0.29) is 29.4 Å². The van der Waals surface area contributed by atoms with Gasteiger partial charge in [-0.1, -0.05) is 77.5 Å². The number of carbonyl (C=O) groups excluding carboxylic acids is 2. The van der Waals surface area contributed by atoms with E-state index in [1.54, 1.807) is 75.6 Å². The molecular formula is C40H35ClN2O8S. The Bertz CT molecular complexity index is 2310. The SMILES string of the molecule is CCOC(=O)C1=C(c2ccccc2)N=c2s/c(=C\c3cc(Cl)c(OCc4ccc(C(=O)OCC)cc4)c(OC)c3)c(=O)n2[C@H]1c1ccc(OC)cc1. The maximum Gasteiger partial charge on any atom is 0.338 e. The summed E-state index contributed by atoms with van der Waals surface area (Å²) in [4.78, 5) is 45.4. The first-order valence-corrected chi connectivity index (χ1v) is 17.6. The predicted octanol–water partition coefficient (Wildman–Crippen LogP) is 6.36. The highest BCUT2D eigenvalue weighted by Gasteiger charge is 2.35. The van der Waals surface area contributed by atoms with Crippen LogP contribution < -0.4 is 29.1 Å². The molecule has 0 bridgehead atoms. The predicted molar refractivity (Wildman–Crippen MR) is 199 cm³/mol. The lowest BCUT2D eigenvalue weighted by Gasteiger charge is -2.26. The summed E-state index contributed by atoms with van der Waals surface area (Å²) in [5.74, 6) is 0.355. The quantitative estimate of drug-likeness (QED) is 0.136. The Morgan fingerprint density at radius 3 is 2.23 bits per heavy atom. The number of ether oxygens (including phenoxy) is 5. The van der Waals surface area contributed by atoms with E-state index in [0.29, 0.717) is 61.1 Å².